The molecule has 2 fully saturated rings. The zero-order valence-electron chi connectivity index (χ0n) is 11.3. The Labute approximate surface area is 117 Å². The summed E-state index contributed by atoms with van der Waals surface area (Å²) in [7, 11) is -3.42. The van der Waals surface area contributed by atoms with Crippen LogP contribution in [0.2, 0.25) is 0 Å². The van der Waals surface area contributed by atoms with Gasteiger partial charge in [-0.1, -0.05) is 6.42 Å². The molecular formula is C12H19NO6S. The van der Waals surface area contributed by atoms with Crippen LogP contribution in [-0.4, -0.2) is 55.7 Å². The van der Waals surface area contributed by atoms with Crippen LogP contribution in [0.25, 0.3) is 0 Å². The highest BCUT2D eigenvalue weighted by atomic mass is 32.2. The molecule has 2 N–H and O–H groups in total. The van der Waals surface area contributed by atoms with Crippen LogP contribution in [-0.2, 0) is 24.2 Å². The predicted octanol–water partition coefficient (Wildman–Crippen LogP) is -0.440. The van der Waals surface area contributed by atoms with Crippen molar-refractivity contribution in [2.75, 3.05) is 19.0 Å². The predicted molar refractivity (Wildman–Crippen MR) is 69.9 cm³/mol. The van der Waals surface area contributed by atoms with Gasteiger partial charge in [0.15, 0.2) is 9.84 Å². The second-order valence-corrected chi connectivity index (χ2v) is 7.95. The number of carbonyl (C=O) groups excluding carboxylic acids is 1. The fourth-order valence-electron chi connectivity index (χ4n) is 2.60. The molecule has 20 heavy (non-hydrogen) atoms. The van der Waals surface area contributed by atoms with Crippen molar-refractivity contribution < 1.29 is 27.9 Å². The number of ether oxygens (including phenoxy) is 1. The van der Waals surface area contributed by atoms with Gasteiger partial charge in [-0.3, -0.25) is 9.59 Å². The molecule has 0 aromatic carbocycles. The van der Waals surface area contributed by atoms with E-state index in [2.05, 4.69) is 5.32 Å². The van der Waals surface area contributed by atoms with E-state index < -0.39 is 38.4 Å². The van der Waals surface area contributed by atoms with Crippen molar-refractivity contribution in [1.29, 1.82) is 0 Å². The van der Waals surface area contributed by atoms with Crippen molar-refractivity contribution in [3.63, 3.8) is 0 Å². The highest BCUT2D eigenvalue weighted by Crippen LogP contribution is 2.29. The number of hydrogen-bond donors (Lipinski definition) is 2. The molecule has 1 amide bonds. The molecule has 0 aliphatic carbocycles. The largest absolute Gasteiger partial charge is 0.481 e. The minimum atomic E-state index is -3.42. The van der Waals surface area contributed by atoms with Crippen LogP contribution in [0.1, 0.15) is 26.2 Å². The Balaban J connectivity index is 2.10. The Morgan fingerprint density at radius 2 is 2.05 bits per heavy atom. The SMILES string of the molecule is CC1(C(=O)O)COCC1NC(=O)C1CCCCS1(=O)=O. The molecule has 114 valence electrons. The molecule has 0 saturated carbocycles. The van der Waals surface area contributed by atoms with Crippen LogP contribution >= 0.6 is 0 Å². The van der Waals surface area contributed by atoms with E-state index in [4.69, 9.17) is 4.74 Å². The summed E-state index contributed by atoms with van der Waals surface area (Å²) < 4.78 is 28.9. The molecule has 0 bridgehead atoms. The Morgan fingerprint density at radius 1 is 1.35 bits per heavy atom. The van der Waals surface area contributed by atoms with Gasteiger partial charge in [0.05, 0.1) is 25.0 Å². The molecule has 2 heterocycles. The van der Waals surface area contributed by atoms with Crippen molar-refractivity contribution in [2.45, 2.75) is 37.5 Å². The number of sulfone groups is 1. The Kier molecular flexibility index (Phi) is 4.06. The first kappa shape index (κ1) is 15.2. The lowest BCUT2D eigenvalue weighted by atomic mass is 9.85. The van der Waals surface area contributed by atoms with E-state index >= 15 is 0 Å². The quantitative estimate of drug-likeness (QED) is 0.731. The lowest BCUT2D eigenvalue weighted by molar-refractivity contribution is -0.149. The van der Waals surface area contributed by atoms with Gasteiger partial charge in [0.2, 0.25) is 5.91 Å². The first-order valence-corrected chi connectivity index (χ1v) is 8.32. The Morgan fingerprint density at radius 3 is 2.65 bits per heavy atom. The third-order valence-corrected chi connectivity index (χ3v) is 6.31. The van der Waals surface area contributed by atoms with E-state index in [1.807, 2.05) is 0 Å². The molecule has 0 spiro atoms. The average molecular weight is 305 g/mol. The van der Waals surface area contributed by atoms with E-state index in [9.17, 15) is 23.1 Å². The van der Waals surface area contributed by atoms with Crippen LogP contribution in [0.3, 0.4) is 0 Å². The second-order valence-electron chi connectivity index (χ2n) is 5.65. The maximum Gasteiger partial charge on any atom is 0.313 e. The molecule has 3 atom stereocenters. The first-order valence-electron chi connectivity index (χ1n) is 6.60. The average Bonchev–Trinajstić information content (AvgIpc) is 2.71. The summed E-state index contributed by atoms with van der Waals surface area (Å²) in [6, 6.07) is -0.704. The van der Waals surface area contributed by atoms with Crippen LogP contribution in [0.4, 0.5) is 0 Å². The zero-order chi connectivity index (χ0) is 15.0. The maximum absolute atomic E-state index is 12.1. The normalized spacial score (nSPS) is 36.5. The summed E-state index contributed by atoms with van der Waals surface area (Å²) in [5.41, 5.74) is -1.21. The Bertz CT molecular complexity index is 516. The van der Waals surface area contributed by atoms with Crippen LogP contribution < -0.4 is 5.32 Å². The third kappa shape index (κ3) is 2.67. The molecule has 2 rings (SSSR count). The van der Waals surface area contributed by atoms with Gasteiger partial charge in [-0.25, -0.2) is 8.42 Å². The number of hydrogen-bond acceptors (Lipinski definition) is 5. The highest BCUT2D eigenvalue weighted by molar-refractivity contribution is 7.92. The highest BCUT2D eigenvalue weighted by Gasteiger charge is 2.48. The van der Waals surface area contributed by atoms with E-state index in [-0.39, 0.29) is 19.0 Å². The molecule has 2 aliphatic heterocycles. The van der Waals surface area contributed by atoms with Crippen molar-refractivity contribution in [3.8, 4) is 0 Å². The standard InChI is InChI=1S/C12H19NO6S/c1-12(11(15)16)7-19-6-9(12)13-10(14)8-4-2-3-5-20(8,17)18/h8-9H,2-7H2,1H3,(H,13,14)(H,15,16). The van der Waals surface area contributed by atoms with Gasteiger partial charge >= 0.3 is 5.97 Å². The van der Waals surface area contributed by atoms with E-state index in [0.29, 0.717) is 19.3 Å². The summed E-state index contributed by atoms with van der Waals surface area (Å²) in [6.45, 7) is 1.58. The lowest BCUT2D eigenvalue weighted by Gasteiger charge is -2.28. The van der Waals surface area contributed by atoms with Crippen molar-refractivity contribution in [2.24, 2.45) is 5.41 Å². The molecular weight excluding hydrogens is 286 g/mol. The van der Waals surface area contributed by atoms with Gasteiger partial charge in [-0.05, 0) is 19.8 Å². The fourth-order valence-corrected chi connectivity index (χ4v) is 4.41. The minimum Gasteiger partial charge on any atom is -0.481 e. The molecule has 2 saturated heterocycles. The first-order chi connectivity index (χ1) is 9.27. The number of aliphatic carboxylic acids is 1. The topological polar surface area (TPSA) is 110 Å². The summed E-state index contributed by atoms with van der Waals surface area (Å²) >= 11 is 0. The Hall–Kier alpha value is -1.15. The summed E-state index contributed by atoms with van der Waals surface area (Å²) in [5, 5.41) is 10.7. The summed E-state index contributed by atoms with van der Waals surface area (Å²) in [5.74, 6) is -1.65. The van der Waals surface area contributed by atoms with Gasteiger partial charge in [0.1, 0.15) is 10.7 Å². The summed E-state index contributed by atoms with van der Waals surface area (Å²) in [4.78, 5) is 23.4. The lowest BCUT2D eigenvalue weighted by Crippen LogP contribution is -2.54. The number of carboxylic acid groups (broad SMARTS) is 1. The molecule has 0 aromatic heterocycles. The van der Waals surface area contributed by atoms with Gasteiger partial charge in [0.25, 0.3) is 0 Å². The molecule has 0 aromatic rings. The number of amides is 1. The van der Waals surface area contributed by atoms with Crippen molar-refractivity contribution in [1.82, 2.24) is 5.32 Å². The summed E-state index contributed by atoms with van der Waals surface area (Å²) in [6.07, 6.45) is 1.56. The van der Waals surface area contributed by atoms with Gasteiger partial charge in [-0.2, -0.15) is 0 Å². The van der Waals surface area contributed by atoms with Crippen LogP contribution in [0.5, 0.6) is 0 Å². The zero-order valence-corrected chi connectivity index (χ0v) is 12.1. The number of carbonyl (C=O) groups is 2. The third-order valence-electron chi connectivity index (χ3n) is 4.13. The number of rotatable bonds is 3. The molecule has 8 heteroatoms. The molecule has 2 aliphatic rings. The second kappa shape index (κ2) is 5.33. The molecule has 0 radical (unpaired) electrons. The molecule has 3 unspecified atom stereocenters. The maximum atomic E-state index is 12.1. The molecule has 7 nitrogen and oxygen atoms in total. The van der Waals surface area contributed by atoms with Gasteiger partial charge < -0.3 is 15.2 Å². The van der Waals surface area contributed by atoms with Crippen LogP contribution in [0.15, 0.2) is 0 Å². The fraction of sp³-hybridized carbons (Fsp3) is 0.833. The van der Waals surface area contributed by atoms with E-state index in [1.54, 1.807) is 0 Å². The van der Waals surface area contributed by atoms with E-state index in [1.165, 1.54) is 6.92 Å². The smallest absolute Gasteiger partial charge is 0.313 e. The van der Waals surface area contributed by atoms with Crippen LogP contribution in [0, 0.1) is 5.41 Å². The van der Waals surface area contributed by atoms with E-state index in [0.717, 1.165) is 0 Å². The van der Waals surface area contributed by atoms with Gasteiger partial charge in [0, 0.05) is 0 Å². The minimum absolute atomic E-state index is 0.00466. The van der Waals surface area contributed by atoms with Crippen molar-refractivity contribution >= 4 is 21.7 Å². The monoisotopic (exact) mass is 305 g/mol. The number of carboxylic acids is 1. The van der Waals surface area contributed by atoms with Gasteiger partial charge in [-0.15, -0.1) is 0 Å². The number of nitrogens with one attached hydrogen (secondary N) is 1. The van der Waals surface area contributed by atoms with Crippen molar-refractivity contribution in [3.05, 3.63) is 0 Å².